The van der Waals surface area contributed by atoms with Crippen LogP contribution in [-0.2, 0) is 6.42 Å². The topological polar surface area (TPSA) is 29.3 Å². The van der Waals surface area contributed by atoms with E-state index in [1.807, 2.05) is 14.1 Å². The average molecular weight is 243 g/mol. The molecule has 0 aromatic heterocycles. The smallest absolute Gasteiger partial charge is 0.0405 e. The van der Waals surface area contributed by atoms with Gasteiger partial charge < -0.3 is 10.6 Å². The van der Waals surface area contributed by atoms with Gasteiger partial charge in [0.2, 0.25) is 0 Å². The standard InChI is InChI=1S/C10H15BrN2/c1-13(2)10-7-9(11)4-3-8(10)5-6-12/h3-4,7H,5-6,12H2,1-2H3. The van der Waals surface area contributed by atoms with E-state index in [0.29, 0.717) is 6.54 Å². The van der Waals surface area contributed by atoms with E-state index < -0.39 is 0 Å². The summed E-state index contributed by atoms with van der Waals surface area (Å²) in [7, 11) is 4.09. The zero-order valence-corrected chi connectivity index (χ0v) is 9.63. The lowest BCUT2D eigenvalue weighted by atomic mass is 10.1. The van der Waals surface area contributed by atoms with Gasteiger partial charge in [-0.3, -0.25) is 0 Å². The number of benzene rings is 1. The second-order valence-electron chi connectivity index (χ2n) is 3.21. The Balaban J connectivity index is 3.03. The minimum absolute atomic E-state index is 0.697. The molecule has 3 heteroatoms. The highest BCUT2D eigenvalue weighted by atomic mass is 79.9. The predicted molar refractivity (Wildman–Crippen MR) is 61.2 cm³/mol. The molecule has 0 radical (unpaired) electrons. The molecule has 1 rings (SSSR count). The van der Waals surface area contributed by atoms with E-state index in [1.165, 1.54) is 11.3 Å². The highest BCUT2D eigenvalue weighted by molar-refractivity contribution is 9.10. The van der Waals surface area contributed by atoms with Gasteiger partial charge in [0, 0.05) is 24.3 Å². The Morgan fingerprint density at radius 2 is 2.08 bits per heavy atom. The van der Waals surface area contributed by atoms with Crippen molar-refractivity contribution in [2.45, 2.75) is 6.42 Å². The maximum Gasteiger partial charge on any atom is 0.0405 e. The Hall–Kier alpha value is -0.540. The summed E-state index contributed by atoms with van der Waals surface area (Å²) in [4.78, 5) is 2.11. The number of nitrogens with two attached hydrogens (primary N) is 1. The number of rotatable bonds is 3. The van der Waals surface area contributed by atoms with Gasteiger partial charge in [-0.15, -0.1) is 0 Å². The number of halogens is 1. The molecular formula is C10H15BrN2. The maximum atomic E-state index is 5.54. The third kappa shape index (κ3) is 2.71. The molecule has 2 nitrogen and oxygen atoms in total. The molecule has 13 heavy (non-hydrogen) atoms. The third-order valence-electron chi connectivity index (χ3n) is 1.94. The van der Waals surface area contributed by atoms with E-state index in [-0.39, 0.29) is 0 Å². The van der Waals surface area contributed by atoms with E-state index >= 15 is 0 Å². The summed E-state index contributed by atoms with van der Waals surface area (Å²) >= 11 is 3.46. The van der Waals surface area contributed by atoms with E-state index in [1.54, 1.807) is 0 Å². The third-order valence-corrected chi connectivity index (χ3v) is 2.44. The molecule has 0 bridgehead atoms. The van der Waals surface area contributed by atoms with Gasteiger partial charge in [0.25, 0.3) is 0 Å². The molecule has 0 amide bonds. The summed E-state index contributed by atoms with van der Waals surface area (Å²) in [5.74, 6) is 0. The average Bonchev–Trinajstić information content (AvgIpc) is 2.08. The molecule has 0 aliphatic rings. The molecule has 2 N–H and O–H groups in total. The van der Waals surface area contributed by atoms with Crippen LogP contribution in [0.2, 0.25) is 0 Å². The second-order valence-corrected chi connectivity index (χ2v) is 4.12. The Bertz CT molecular complexity index is 284. The molecule has 0 atom stereocenters. The summed E-state index contributed by atoms with van der Waals surface area (Å²) in [6.45, 7) is 0.697. The van der Waals surface area contributed by atoms with Gasteiger partial charge in [0.15, 0.2) is 0 Å². The highest BCUT2D eigenvalue weighted by Gasteiger charge is 2.03. The SMILES string of the molecule is CN(C)c1cc(Br)ccc1CCN. The monoisotopic (exact) mass is 242 g/mol. The van der Waals surface area contributed by atoms with Gasteiger partial charge in [-0.1, -0.05) is 22.0 Å². The lowest BCUT2D eigenvalue weighted by molar-refractivity contribution is 0.954. The molecule has 0 aliphatic heterocycles. The summed E-state index contributed by atoms with van der Waals surface area (Å²) in [6.07, 6.45) is 0.931. The van der Waals surface area contributed by atoms with E-state index in [9.17, 15) is 0 Å². The molecule has 0 saturated carbocycles. The maximum absolute atomic E-state index is 5.54. The van der Waals surface area contributed by atoms with Crippen molar-refractivity contribution in [1.82, 2.24) is 0 Å². The summed E-state index contributed by atoms with van der Waals surface area (Å²) in [5.41, 5.74) is 8.07. The molecular weight excluding hydrogens is 228 g/mol. The van der Waals surface area contributed by atoms with Crippen LogP contribution in [0.5, 0.6) is 0 Å². The summed E-state index contributed by atoms with van der Waals surface area (Å²) in [6, 6.07) is 6.29. The lowest BCUT2D eigenvalue weighted by Gasteiger charge is -2.17. The number of hydrogen-bond acceptors (Lipinski definition) is 2. The van der Waals surface area contributed by atoms with E-state index in [0.717, 1.165) is 10.9 Å². The first-order valence-corrected chi connectivity index (χ1v) is 5.10. The van der Waals surface area contributed by atoms with Crippen LogP contribution in [0.3, 0.4) is 0 Å². The first-order chi connectivity index (χ1) is 6.15. The van der Waals surface area contributed by atoms with Crippen molar-refractivity contribution < 1.29 is 0 Å². The van der Waals surface area contributed by atoms with Crippen molar-refractivity contribution in [2.24, 2.45) is 5.73 Å². The van der Waals surface area contributed by atoms with Crippen LogP contribution in [-0.4, -0.2) is 20.6 Å². The van der Waals surface area contributed by atoms with E-state index in [2.05, 4.69) is 39.0 Å². The normalized spacial score (nSPS) is 10.2. The van der Waals surface area contributed by atoms with Gasteiger partial charge in [-0.05, 0) is 30.7 Å². The Morgan fingerprint density at radius 1 is 1.38 bits per heavy atom. The highest BCUT2D eigenvalue weighted by Crippen LogP contribution is 2.23. The van der Waals surface area contributed by atoms with Crippen LogP contribution >= 0.6 is 15.9 Å². The molecule has 0 spiro atoms. The molecule has 72 valence electrons. The van der Waals surface area contributed by atoms with Crippen molar-refractivity contribution >= 4 is 21.6 Å². The molecule has 0 heterocycles. The zero-order chi connectivity index (χ0) is 9.84. The summed E-state index contributed by atoms with van der Waals surface area (Å²) < 4.78 is 1.11. The molecule has 0 fully saturated rings. The molecule has 0 saturated heterocycles. The van der Waals surface area contributed by atoms with Gasteiger partial charge in [-0.25, -0.2) is 0 Å². The Labute approximate surface area is 87.9 Å². The second kappa shape index (κ2) is 4.63. The van der Waals surface area contributed by atoms with Crippen LogP contribution < -0.4 is 10.6 Å². The fraction of sp³-hybridized carbons (Fsp3) is 0.400. The number of nitrogens with zero attached hydrogens (tertiary/aromatic N) is 1. The zero-order valence-electron chi connectivity index (χ0n) is 8.05. The number of hydrogen-bond donors (Lipinski definition) is 1. The first-order valence-electron chi connectivity index (χ1n) is 4.31. The largest absolute Gasteiger partial charge is 0.377 e. The van der Waals surface area contributed by atoms with Crippen LogP contribution in [0.15, 0.2) is 22.7 Å². The van der Waals surface area contributed by atoms with Crippen LogP contribution in [0.4, 0.5) is 5.69 Å². The fourth-order valence-electron chi connectivity index (χ4n) is 1.32. The van der Waals surface area contributed by atoms with Crippen LogP contribution in [0.1, 0.15) is 5.56 Å². The fourth-order valence-corrected chi connectivity index (χ4v) is 1.67. The molecule has 1 aromatic carbocycles. The van der Waals surface area contributed by atoms with Gasteiger partial charge >= 0.3 is 0 Å². The molecule has 0 unspecified atom stereocenters. The van der Waals surface area contributed by atoms with Gasteiger partial charge in [-0.2, -0.15) is 0 Å². The molecule has 0 aliphatic carbocycles. The van der Waals surface area contributed by atoms with Crippen molar-refractivity contribution in [3.63, 3.8) is 0 Å². The first kappa shape index (κ1) is 10.5. The Morgan fingerprint density at radius 3 is 2.62 bits per heavy atom. The molecule has 1 aromatic rings. The summed E-state index contributed by atoms with van der Waals surface area (Å²) in [5, 5.41) is 0. The van der Waals surface area contributed by atoms with Gasteiger partial charge in [0.05, 0.1) is 0 Å². The minimum atomic E-state index is 0.697. The quantitative estimate of drug-likeness (QED) is 0.879. The van der Waals surface area contributed by atoms with Crippen LogP contribution in [0.25, 0.3) is 0 Å². The van der Waals surface area contributed by atoms with Crippen molar-refractivity contribution in [2.75, 3.05) is 25.5 Å². The van der Waals surface area contributed by atoms with Crippen LogP contribution in [0, 0.1) is 0 Å². The van der Waals surface area contributed by atoms with Crippen molar-refractivity contribution in [3.8, 4) is 0 Å². The lowest BCUT2D eigenvalue weighted by Crippen LogP contribution is -2.13. The predicted octanol–water partition coefficient (Wildman–Crippen LogP) is 2.02. The van der Waals surface area contributed by atoms with Crippen molar-refractivity contribution in [1.29, 1.82) is 0 Å². The number of anilines is 1. The van der Waals surface area contributed by atoms with Gasteiger partial charge in [0.1, 0.15) is 0 Å². The van der Waals surface area contributed by atoms with Crippen molar-refractivity contribution in [3.05, 3.63) is 28.2 Å². The minimum Gasteiger partial charge on any atom is -0.377 e. The van der Waals surface area contributed by atoms with E-state index in [4.69, 9.17) is 5.73 Å². The Kier molecular flexibility index (Phi) is 3.75.